The summed E-state index contributed by atoms with van der Waals surface area (Å²) in [5, 5.41) is 9.03. The van der Waals surface area contributed by atoms with Crippen LogP contribution < -0.4 is 0 Å². The van der Waals surface area contributed by atoms with Gasteiger partial charge in [0, 0.05) is 5.75 Å². The predicted octanol–water partition coefficient (Wildman–Crippen LogP) is 1.55. The normalized spacial score (nSPS) is 12.6. The SMILES string of the molecule is CCC(CSS)O[N+](=O)[O-]. The van der Waals surface area contributed by atoms with Gasteiger partial charge in [-0.3, -0.25) is 0 Å². The van der Waals surface area contributed by atoms with Crippen LogP contribution in [0.2, 0.25) is 0 Å². The van der Waals surface area contributed by atoms with Gasteiger partial charge in [0.05, 0.1) is 0 Å². The predicted molar refractivity (Wildman–Crippen MR) is 43.6 cm³/mol. The summed E-state index contributed by atoms with van der Waals surface area (Å²) in [6, 6.07) is 0. The van der Waals surface area contributed by atoms with E-state index in [0.29, 0.717) is 12.2 Å². The fourth-order valence-corrected chi connectivity index (χ4v) is 1.39. The molecule has 6 heteroatoms. The molecule has 10 heavy (non-hydrogen) atoms. The Kier molecular flexibility index (Phi) is 5.61. The molecule has 4 nitrogen and oxygen atoms in total. The molecule has 0 aromatic rings. The molecule has 0 aliphatic carbocycles. The number of hydrogen-bond acceptors (Lipinski definition) is 5. The lowest BCUT2D eigenvalue weighted by molar-refractivity contribution is -0.767. The van der Waals surface area contributed by atoms with Crippen molar-refractivity contribution in [2.24, 2.45) is 0 Å². The lowest BCUT2D eigenvalue weighted by atomic mass is 10.3. The summed E-state index contributed by atoms with van der Waals surface area (Å²) < 4.78 is 0. The Bertz CT molecular complexity index is 111. The Morgan fingerprint density at radius 3 is 2.80 bits per heavy atom. The van der Waals surface area contributed by atoms with Crippen molar-refractivity contribution in [3.63, 3.8) is 0 Å². The van der Waals surface area contributed by atoms with Crippen LogP contribution in [0.4, 0.5) is 0 Å². The minimum absolute atomic E-state index is 0.322. The molecule has 1 atom stereocenters. The first kappa shape index (κ1) is 9.90. The molecule has 0 spiro atoms. The Labute approximate surface area is 68.2 Å². The maximum atomic E-state index is 9.79. The number of rotatable bonds is 5. The molecule has 0 amide bonds. The van der Waals surface area contributed by atoms with Crippen molar-refractivity contribution in [1.29, 1.82) is 0 Å². The molecule has 0 aliphatic heterocycles. The standard InChI is InChI=1S/C4H9NO3S2/c1-2-4(3-10-9)8-5(6)7/h4,9H,2-3H2,1H3. The summed E-state index contributed by atoms with van der Waals surface area (Å²) in [5.41, 5.74) is 0. The van der Waals surface area contributed by atoms with Crippen LogP contribution in [0.25, 0.3) is 0 Å². The van der Waals surface area contributed by atoms with Gasteiger partial charge in [0.2, 0.25) is 0 Å². The Balaban J connectivity index is 3.49. The minimum atomic E-state index is -0.766. The molecule has 0 radical (unpaired) electrons. The summed E-state index contributed by atoms with van der Waals surface area (Å²) in [7, 11) is 1.24. The Morgan fingerprint density at radius 2 is 2.50 bits per heavy atom. The number of thiol groups is 1. The van der Waals surface area contributed by atoms with Gasteiger partial charge in [-0.15, -0.1) is 21.8 Å². The molecule has 0 fully saturated rings. The van der Waals surface area contributed by atoms with Gasteiger partial charge in [-0.05, 0) is 6.42 Å². The molecule has 60 valence electrons. The van der Waals surface area contributed by atoms with Crippen LogP contribution in [0.5, 0.6) is 0 Å². The average molecular weight is 183 g/mol. The molecule has 0 heterocycles. The third-order valence-corrected chi connectivity index (χ3v) is 1.92. The molecule has 0 bridgehead atoms. The number of hydrogen-bond donors (Lipinski definition) is 1. The summed E-state index contributed by atoms with van der Waals surface area (Å²) in [5.74, 6) is 0.542. The van der Waals surface area contributed by atoms with E-state index in [2.05, 4.69) is 16.5 Å². The highest BCUT2D eigenvalue weighted by Crippen LogP contribution is 2.11. The molecule has 0 saturated carbocycles. The largest absolute Gasteiger partial charge is 0.310 e. The quantitative estimate of drug-likeness (QED) is 0.304. The lowest BCUT2D eigenvalue weighted by Crippen LogP contribution is -2.18. The minimum Gasteiger partial charge on any atom is -0.310 e. The van der Waals surface area contributed by atoms with E-state index in [4.69, 9.17) is 0 Å². The first-order valence-electron chi connectivity index (χ1n) is 2.78. The molecule has 0 saturated heterocycles. The highest BCUT2D eigenvalue weighted by atomic mass is 33.1. The molecule has 0 aliphatic rings. The van der Waals surface area contributed by atoms with Crippen molar-refractivity contribution < 1.29 is 9.92 Å². The fraction of sp³-hybridized carbons (Fsp3) is 1.00. The summed E-state index contributed by atoms with van der Waals surface area (Å²) in [4.78, 5) is 14.1. The smallest absolute Gasteiger partial charge is 0.294 e. The topological polar surface area (TPSA) is 52.4 Å². The van der Waals surface area contributed by atoms with E-state index < -0.39 is 5.09 Å². The zero-order chi connectivity index (χ0) is 7.98. The van der Waals surface area contributed by atoms with Gasteiger partial charge in [0.25, 0.3) is 5.09 Å². The van der Waals surface area contributed by atoms with E-state index in [-0.39, 0.29) is 6.10 Å². The molecule has 0 N–H and O–H groups in total. The maximum absolute atomic E-state index is 9.79. The van der Waals surface area contributed by atoms with E-state index >= 15 is 0 Å². The van der Waals surface area contributed by atoms with Crippen molar-refractivity contribution in [2.45, 2.75) is 19.4 Å². The van der Waals surface area contributed by atoms with E-state index in [1.165, 1.54) is 10.8 Å². The second kappa shape index (κ2) is 5.67. The van der Waals surface area contributed by atoms with Crippen LogP contribution >= 0.6 is 22.5 Å². The molecule has 0 aromatic carbocycles. The van der Waals surface area contributed by atoms with Gasteiger partial charge in [0.1, 0.15) is 6.10 Å². The van der Waals surface area contributed by atoms with Gasteiger partial charge in [-0.1, -0.05) is 17.7 Å². The maximum Gasteiger partial charge on any atom is 0.294 e. The van der Waals surface area contributed by atoms with E-state index in [0.717, 1.165) is 0 Å². The van der Waals surface area contributed by atoms with Gasteiger partial charge >= 0.3 is 0 Å². The van der Waals surface area contributed by atoms with Gasteiger partial charge in [-0.25, -0.2) is 0 Å². The zero-order valence-corrected chi connectivity index (χ0v) is 7.23. The highest BCUT2D eigenvalue weighted by Gasteiger charge is 2.09. The second-order valence-corrected chi connectivity index (χ2v) is 3.02. The summed E-state index contributed by atoms with van der Waals surface area (Å²) in [6.07, 6.45) is 0.312. The van der Waals surface area contributed by atoms with Crippen molar-refractivity contribution in [1.82, 2.24) is 0 Å². The van der Waals surface area contributed by atoms with Crippen molar-refractivity contribution in [2.75, 3.05) is 5.75 Å². The van der Waals surface area contributed by atoms with E-state index in [1.54, 1.807) is 0 Å². The van der Waals surface area contributed by atoms with Gasteiger partial charge in [-0.2, -0.15) is 0 Å². The van der Waals surface area contributed by atoms with Crippen LogP contribution in [0.15, 0.2) is 0 Å². The first-order chi connectivity index (χ1) is 4.70. The van der Waals surface area contributed by atoms with Crippen molar-refractivity contribution in [3.8, 4) is 0 Å². The van der Waals surface area contributed by atoms with E-state index in [9.17, 15) is 10.1 Å². The van der Waals surface area contributed by atoms with Crippen LogP contribution in [-0.4, -0.2) is 16.9 Å². The number of nitrogens with zero attached hydrogens (tertiary/aromatic N) is 1. The Hall–Kier alpha value is -0.100. The molecule has 0 aromatic heterocycles. The molecular weight excluding hydrogens is 174 g/mol. The van der Waals surface area contributed by atoms with Crippen LogP contribution in [0.3, 0.4) is 0 Å². The fourth-order valence-electron chi connectivity index (χ4n) is 0.428. The van der Waals surface area contributed by atoms with Gasteiger partial charge in [0.15, 0.2) is 0 Å². The monoisotopic (exact) mass is 183 g/mol. The first-order valence-corrected chi connectivity index (χ1v) is 4.82. The van der Waals surface area contributed by atoms with Crippen LogP contribution in [0.1, 0.15) is 13.3 Å². The third-order valence-electron chi connectivity index (χ3n) is 0.951. The van der Waals surface area contributed by atoms with Crippen LogP contribution in [-0.2, 0) is 4.84 Å². The van der Waals surface area contributed by atoms with Crippen LogP contribution in [0, 0.1) is 10.1 Å². The van der Waals surface area contributed by atoms with Crippen molar-refractivity contribution >= 4 is 22.5 Å². The zero-order valence-electron chi connectivity index (χ0n) is 5.52. The molecular formula is C4H9NO3S2. The highest BCUT2D eigenvalue weighted by molar-refractivity contribution is 8.68. The molecule has 1 unspecified atom stereocenters. The second-order valence-electron chi connectivity index (χ2n) is 1.66. The van der Waals surface area contributed by atoms with Gasteiger partial charge < -0.3 is 4.84 Å². The Morgan fingerprint density at radius 1 is 1.90 bits per heavy atom. The van der Waals surface area contributed by atoms with E-state index in [1.807, 2.05) is 6.92 Å². The third kappa shape index (κ3) is 4.75. The summed E-state index contributed by atoms with van der Waals surface area (Å²) >= 11 is 3.85. The van der Waals surface area contributed by atoms with Crippen molar-refractivity contribution in [3.05, 3.63) is 10.1 Å². The average Bonchev–Trinajstić information content (AvgIpc) is 1.86. The summed E-state index contributed by atoms with van der Waals surface area (Å²) in [6.45, 7) is 1.83. The molecule has 0 rings (SSSR count). The lowest BCUT2D eigenvalue weighted by Gasteiger charge is -2.08.